The Balaban J connectivity index is 1.41. The fraction of sp³-hybridized carbons (Fsp3) is 0.441. The van der Waals surface area contributed by atoms with E-state index >= 15 is 0 Å². The number of carbonyl (C=O) groups excluding carboxylic acids is 3. The first-order valence-corrected chi connectivity index (χ1v) is 15.4. The number of fused-ring (bicyclic) bond motifs is 2. The lowest BCUT2D eigenvalue weighted by Crippen LogP contribution is -2.59. The second kappa shape index (κ2) is 12.2. The van der Waals surface area contributed by atoms with Crippen LogP contribution in [0.5, 0.6) is 0 Å². The summed E-state index contributed by atoms with van der Waals surface area (Å²) >= 11 is 0. The van der Waals surface area contributed by atoms with Crippen LogP contribution in [0.15, 0.2) is 79.9 Å². The molecule has 2 aromatic carbocycles. The third kappa shape index (κ3) is 5.13. The molecule has 0 radical (unpaired) electrons. The first kappa shape index (κ1) is 30.7. The average Bonchev–Trinajstić information content (AvgIpc) is 3.75. The number of carbonyl (C=O) groups is 3. The number of ether oxygens (including phenoxy) is 2. The van der Waals surface area contributed by atoms with Crippen LogP contribution in [0.1, 0.15) is 31.7 Å². The Labute approximate surface area is 262 Å². The number of hydrogen-bond donors (Lipinski definition) is 1. The normalized spacial score (nSPS) is 27.4. The Bertz CT molecular complexity index is 1610. The molecule has 2 amide bonds. The van der Waals surface area contributed by atoms with Crippen LogP contribution in [0, 0.1) is 11.8 Å². The molecule has 6 atom stereocenters. The number of benzene rings is 2. The van der Waals surface area contributed by atoms with Crippen molar-refractivity contribution in [2.75, 3.05) is 19.8 Å². The summed E-state index contributed by atoms with van der Waals surface area (Å²) < 4.78 is 14.0. The van der Waals surface area contributed by atoms with E-state index in [9.17, 15) is 19.5 Å². The van der Waals surface area contributed by atoms with Crippen molar-refractivity contribution in [2.24, 2.45) is 11.8 Å². The lowest BCUT2D eigenvalue weighted by molar-refractivity contribution is -0.162. The zero-order valence-corrected chi connectivity index (χ0v) is 25.5. The average molecular weight is 614 g/mol. The van der Waals surface area contributed by atoms with Crippen LogP contribution in [0.2, 0.25) is 0 Å². The monoisotopic (exact) mass is 613 g/mol. The van der Waals surface area contributed by atoms with E-state index in [2.05, 4.69) is 23.5 Å². The van der Waals surface area contributed by atoms with Crippen molar-refractivity contribution in [1.82, 2.24) is 24.8 Å². The number of esters is 1. The van der Waals surface area contributed by atoms with E-state index in [4.69, 9.17) is 9.47 Å². The summed E-state index contributed by atoms with van der Waals surface area (Å²) in [5, 5.41) is 19.2. The van der Waals surface area contributed by atoms with Gasteiger partial charge in [-0.3, -0.25) is 14.4 Å². The van der Waals surface area contributed by atoms with E-state index in [0.717, 1.165) is 11.1 Å². The van der Waals surface area contributed by atoms with Crippen molar-refractivity contribution in [3.05, 3.63) is 85.5 Å². The lowest BCUT2D eigenvalue weighted by Gasteiger charge is -2.39. The van der Waals surface area contributed by atoms with Crippen molar-refractivity contribution in [1.29, 1.82) is 0 Å². The summed E-state index contributed by atoms with van der Waals surface area (Å²) in [5.74, 6) is -3.12. The number of aliphatic hydroxyl groups excluding tert-OH is 1. The number of aromatic nitrogens is 3. The Morgan fingerprint density at radius 2 is 1.91 bits per heavy atom. The molecule has 0 saturated carbocycles. The molecule has 45 heavy (non-hydrogen) atoms. The van der Waals surface area contributed by atoms with Gasteiger partial charge >= 0.3 is 5.97 Å². The third-order valence-electron chi connectivity index (χ3n) is 9.57. The largest absolute Gasteiger partial charge is 0.465 e. The zero-order valence-electron chi connectivity index (χ0n) is 25.5. The smallest absolute Gasteiger partial charge is 0.312 e. The molecule has 1 spiro atoms. The summed E-state index contributed by atoms with van der Waals surface area (Å²) in [6.45, 7) is 9.37. The highest BCUT2D eigenvalue weighted by Crippen LogP contribution is 2.63. The highest BCUT2D eigenvalue weighted by Gasteiger charge is 2.79. The Hall–Kier alpha value is -4.35. The molecule has 236 valence electrons. The second-order valence-corrected chi connectivity index (χ2v) is 12.3. The first-order chi connectivity index (χ1) is 21.8. The number of hydrogen-bond acceptors (Lipinski definition) is 8. The van der Waals surface area contributed by atoms with Gasteiger partial charge < -0.3 is 24.4 Å². The third-order valence-corrected chi connectivity index (χ3v) is 9.57. The number of nitrogens with zero attached hydrogens (tertiary/aromatic N) is 5. The summed E-state index contributed by atoms with van der Waals surface area (Å²) in [6, 6.07) is 15.1. The number of rotatable bonds is 13. The highest BCUT2D eigenvalue weighted by molar-refractivity contribution is 5.98. The van der Waals surface area contributed by atoms with Gasteiger partial charge in [0.05, 0.1) is 36.3 Å². The van der Waals surface area contributed by atoms with Crippen molar-refractivity contribution in [3.63, 3.8) is 0 Å². The van der Waals surface area contributed by atoms with Gasteiger partial charge in [-0.05, 0) is 50.3 Å². The molecule has 11 nitrogen and oxygen atoms in total. The van der Waals surface area contributed by atoms with Gasteiger partial charge in [0.15, 0.2) is 0 Å². The maximum atomic E-state index is 14.9. The van der Waals surface area contributed by atoms with Crippen molar-refractivity contribution in [3.8, 4) is 0 Å². The molecular weight excluding hydrogens is 574 g/mol. The lowest BCUT2D eigenvalue weighted by atomic mass is 9.66. The topological polar surface area (TPSA) is 127 Å². The van der Waals surface area contributed by atoms with Crippen LogP contribution in [-0.4, -0.2) is 90.7 Å². The minimum Gasteiger partial charge on any atom is -0.465 e. The summed E-state index contributed by atoms with van der Waals surface area (Å²) in [7, 11) is 0. The van der Waals surface area contributed by atoms with Crippen molar-refractivity contribution < 1.29 is 29.0 Å². The maximum Gasteiger partial charge on any atom is 0.312 e. The first-order valence-electron chi connectivity index (χ1n) is 15.4. The molecule has 11 heteroatoms. The Morgan fingerprint density at radius 3 is 2.64 bits per heavy atom. The quantitative estimate of drug-likeness (QED) is 0.177. The van der Waals surface area contributed by atoms with Crippen LogP contribution < -0.4 is 0 Å². The second-order valence-electron chi connectivity index (χ2n) is 12.3. The fourth-order valence-corrected chi connectivity index (χ4v) is 7.59. The van der Waals surface area contributed by atoms with E-state index in [1.807, 2.05) is 61.5 Å². The van der Waals surface area contributed by atoms with Gasteiger partial charge in [-0.2, -0.15) is 0 Å². The summed E-state index contributed by atoms with van der Waals surface area (Å²) in [5.41, 5.74) is 0.0838. The standard InChI is InChI=1S/C34H39N5O6/c1-4-6-19-44-32(43)28-27-30(41)39(24(21-40)20-23-12-8-7-9-13-23)29(34(27)17-16-33(28,3)45-34)31(42)37(18-5-2)22-38-26-15-11-10-14-25(26)35-36-38/h4-5,7-15,24,27-29,40H,1-2,6,16-22H2,3H3/t24-,27+,28+,29?,33-,34?/m1/s1. The molecule has 2 bridgehead atoms. The number of likely N-dealkylation sites (tertiary alicyclic amines) is 1. The van der Waals surface area contributed by atoms with Gasteiger partial charge in [-0.25, -0.2) is 4.68 Å². The minimum absolute atomic E-state index is 0.0530. The van der Waals surface area contributed by atoms with Crippen LogP contribution >= 0.6 is 0 Å². The van der Waals surface area contributed by atoms with Gasteiger partial charge in [0.1, 0.15) is 29.7 Å². The van der Waals surface area contributed by atoms with Crippen LogP contribution in [0.3, 0.4) is 0 Å². The molecule has 6 rings (SSSR count). The Kier molecular flexibility index (Phi) is 8.32. The maximum absolute atomic E-state index is 14.9. The van der Waals surface area contributed by atoms with Gasteiger partial charge in [0, 0.05) is 6.54 Å². The van der Waals surface area contributed by atoms with Crippen molar-refractivity contribution in [2.45, 2.75) is 62.6 Å². The fourth-order valence-electron chi connectivity index (χ4n) is 7.59. The predicted octanol–water partition coefficient (Wildman–Crippen LogP) is 2.89. The van der Waals surface area contributed by atoms with E-state index in [0.29, 0.717) is 31.2 Å². The van der Waals surface area contributed by atoms with Crippen LogP contribution in [-0.2, 0) is 36.9 Å². The number of amides is 2. The van der Waals surface area contributed by atoms with E-state index in [1.54, 1.807) is 21.7 Å². The molecule has 3 saturated heterocycles. The minimum atomic E-state index is -1.28. The molecule has 3 aromatic rings. The van der Waals surface area contributed by atoms with Gasteiger partial charge in [-0.15, -0.1) is 18.3 Å². The van der Waals surface area contributed by atoms with Gasteiger partial charge in [-0.1, -0.05) is 59.8 Å². The SMILES string of the molecule is C=CCCOC(=O)[C@@H]1[C@H]2C(=O)N([C@@H](CO)Cc3ccccc3)C(C(=O)N(CC=C)Cn3nnc4ccccc43)C23CC[C@@]1(C)O3. The molecule has 1 N–H and O–H groups in total. The molecule has 3 aliphatic heterocycles. The molecule has 0 aliphatic carbocycles. The summed E-state index contributed by atoms with van der Waals surface area (Å²) in [4.78, 5) is 46.2. The predicted molar refractivity (Wildman–Crippen MR) is 165 cm³/mol. The number of para-hydroxylation sites is 1. The van der Waals surface area contributed by atoms with Gasteiger partial charge in [0.2, 0.25) is 11.8 Å². The molecule has 2 unspecified atom stereocenters. The number of aliphatic hydroxyl groups is 1. The zero-order chi connectivity index (χ0) is 31.8. The molecular formula is C34H39N5O6. The molecule has 4 heterocycles. The Morgan fingerprint density at radius 1 is 1.16 bits per heavy atom. The van der Waals surface area contributed by atoms with Crippen LogP contribution in [0.25, 0.3) is 11.0 Å². The molecule has 3 aliphatic rings. The van der Waals surface area contributed by atoms with Crippen LogP contribution in [0.4, 0.5) is 0 Å². The summed E-state index contributed by atoms with van der Waals surface area (Å²) in [6.07, 6.45) is 4.95. The van der Waals surface area contributed by atoms with Gasteiger partial charge in [0.25, 0.3) is 0 Å². The van der Waals surface area contributed by atoms with E-state index < -0.39 is 41.1 Å². The van der Waals surface area contributed by atoms with Crippen molar-refractivity contribution >= 4 is 28.8 Å². The molecule has 1 aromatic heterocycles. The van der Waals surface area contributed by atoms with E-state index in [-0.39, 0.29) is 38.2 Å². The highest BCUT2D eigenvalue weighted by atomic mass is 16.6. The van der Waals surface area contributed by atoms with E-state index in [1.165, 1.54) is 4.90 Å². The molecule has 3 fully saturated rings.